The molecule has 0 rings (SSSR count). The summed E-state index contributed by atoms with van der Waals surface area (Å²) in [6, 6.07) is 0. The third-order valence-corrected chi connectivity index (χ3v) is 2.12. The van der Waals surface area contributed by atoms with Crippen molar-refractivity contribution in [3.05, 3.63) is 0 Å². The minimum absolute atomic E-state index is 0.163. The summed E-state index contributed by atoms with van der Waals surface area (Å²) in [7, 11) is 0. The van der Waals surface area contributed by atoms with E-state index in [9.17, 15) is 5.11 Å². The molecule has 0 radical (unpaired) electrons. The second-order valence-electron chi connectivity index (χ2n) is 3.56. The Bertz CT molecular complexity index is 104. The number of aliphatic hydroxyl groups is 3. The lowest BCUT2D eigenvalue weighted by molar-refractivity contribution is -0.0466. The number of hydrogen-bond acceptors (Lipinski definition) is 3. The normalized spacial score (nSPS) is 13.6. The summed E-state index contributed by atoms with van der Waals surface area (Å²) in [5.41, 5.74) is 0. The van der Waals surface area contributed by atoms with Crippen LogP contribution in [0.4, 0.5) is 0 Å². The molecule has 0 amide bonds. The van der Waals surface area contributed by atoms with E-state index in [0.717, 1.165) is 38.5 Å². The van der Waals surface area contributed by atoms with E-state index in [1.54, 1.807) is 0 Å². The van der Waals surface area contributed by atoms with Gasteiger partial charge in [-0.25, -0.2) is 0 Å². The Labute approximate surface area is 80.4 Å². The quantitative estimate of drug-likeness (QED) is 0.400. The fraction of sp³-hybridized carbons (Fsp3) is 1.00. The van der Waals surface area contributed by atoms with Crippen LogP contribution in [0, 0.1) is 0 Å². The fourth-order valence-corrected chi connectivity index (χ4v) is 1.36. The maximum absolute atomic E-state index is 9.36. The molecule has 0 aromatic carbocycles. The predicted molar refractivity (Wildman–Crippen MR) is 52.2 cm³/mol. The molecule has 0 aliphatic rings. The van der Waals surface area contributed by atoms with Crippen LogP contribution in [0.1, 0.15) is 51.9 Å². The molecule has 80 valence electrons. The van der Waals surface area contributed by atoms with Crippen molar-refractivity contribution in [1.29, 1.82) is 0 Å². The summed E-state index contributed by atoms with van der Waals surface area (Å²) < 4.78 is 0. The zero-order valence-electron chi connectivity index (χ0n) is 8.45. The van der Waals surface area contributed by atoms with Crippen LogP contribution < -0.4 is 0 Å². The first-order chi connectivity index (χ1) is 6.16. The van der Waals surface area contributed by atoms with E-state index in [0.29, 0.717) is 6.42 Å². The summed E-state index contributed by atoms with van der Waals surface area (Å²) in [5.74, 6) is 0. The van der Waals surface area contributed by atoms with Crippen LogP contribution in [0.15, 0.2) is 0 Å². The van der Waals surface area contributed by atoms with E-state index in [-0.39, 0.29) is 6.10 Å². The summed E-state index contributed by atoms with van der Waals surface area (Å²) in [6.45, 7) is 2.06. The molecule has 0 aliphatic heterocycles. The smallest absolute Gasteiger partial charge is 0.151 e. The van der Waals surface area contributed by atoms with Gasteiger partial charge < -0.3 is 15.3 Å². The van der Waals surface area contributed by atoms with Gasteiger partial charge in [0.2, 0.25) is 0 Å². The number of hydrogen-bond donors (Lipinski definition) is 3. The van der Waals surface area contributed by atoms with E-state index in [1.165, 1.54) is 0 Å². The molecule has 0 spiro atoms. The Morgan fingerprint density at radius 1 is 0.846 bits per heavy atom. The molecule has 3 heteroatoms. The summed E-state index contributed by atoms with van der Waals surface area (Å²) in [6.07, 6.45) is 4.64. The molecule has 0 bridgehead atoms. The van der Waals surface area contributed by atoms with E-state index < -0.39 is 6.29 Å². The molecule has 0 fully saturated rings. The van der Waals surface area contributed by atoms with Crippen LogP contribution in [-0.2, 0) is 0 Å². The topological polar surface area (TPSA) is 60.7 Å². The number of unbranched alkanes of at least 4 members (excludes halogenated alkanes) is 2. The van der Waals surface area contributed by atoms with E-state index in [1.807, 2.05) is 0 Å². The lowest BCUT2D eigenvalue weighted by atomic mass is 10.1. The second-order valence-corrected chi connectivity index (χ2v) is 3.56. The first-order valence-corrected chi connectivity index (χ1v) is 5.21. The molecule has 1 unspecified atom stereocenters. The monoisotopic (exact) mass is 190 g/mol. The summed E-state index contributed by atoms with van der Waals surface area (Å²) in [5, 5.41) is 26.5. The van der Waals surface area contributed by atoms with Gasteiger partial charge in [0.1, 0.15) is 0 Å². The van der Waals surface area contributed by atoms with Crippen LogP contribution in [0.3, 0.4) is 0 Å². The van der Waals surface area contributed by atoms with Gasteiger partial charge in [0.05, 0.1) is 6.10 Å². The lowest BCUT2D eigenvalue weighted by Crippen LogP contribution is -2.06. The van der Waals surface area contributed by atoms with Gasteiger partial charge in [0.25, 0.3) is 0 Å². The third kappa shape index (κ3) is 9.80. The van der Waals surface area contributed by atoms with Gasteiger partial charge in [0.15, 0.2) is 6.29 Å². The van der Waals surface area contributed by atoms with Crippen LogP contribution in [0.2, 0.25) is 0 Å². The Morgan fingerprint density at radius 2 is 1.46 bits per heavy atom. The van der Waals surface area contributed by atoms with Crippen LogP contribution in [0.25, 0.3) is 0 Å². The second kappa shape index (κ2) is 8.48. The molecule has 0 aromatic rings. The largest absolute Gasteiger partial charge is 0.393 e. The predicted octanol–water partition coefficient (Wildman–Crippen LogP) is 1.41. The maximum Gasteiger partial charge on any atom is 0.151 e. The van der Waals surface area contributed by atoms with Gasteiger partial charge in [-0.1, -0.05) is 26.2 Å². The molecule has 3 nitrogen and oxygen atoms in total. The van der Waals surface area contributed by atoms with Gasteiger partial charge in [-0.15, -0.1) is 0 Å². The van der Waals surface area contributed by atoms with Crippen molar-refractivity contribution in [1.82, 2.24) is 0 Å². The highest BCUT2D eigenvalue weighted by Gasteiger charge is 2.02. The maximum atomic E-state index is 9.36. The van der Waals surface area contributed by atoms with Gasteiger partial charge in [-0.05, 0) is 25.7 Å². The van der Waals surface area contributed by atoms with Gasteiger partial charge in [0, 0.05) is 0 Å². The Hall–Kier alpha value is -0.120. The average Bonchev–Trinajstić information content (AvgIpc) is 2.03. The summed E-state index contributed by atoms with van der Waals surface area (Å²) >= 11 is 0. The Balaban J connectivity index is 3.06. The van der Waals surface area contributed by atoms with E-state index >= 15 is 0 Å². The number of aliphatic hydroxyl groups excluding tert-OH is 2. The Kier molecular flexibility index (Phi) is 8.40. The molecule has 0 saturated heterocycles. The first kappa shape index (κ1) is 12.9. The molecule has 0 saturated carbocycles. The van der Waals surface area contributed by atoms with E-state index in [4.69, 9.17) is 10.2 Å². The molecular formula is C10H22O3. The van der Waals surface area contributed by atoms with Crippen molar-refractivity contribution < 1.29 is 15.3 Å². The third-order valence-electron chi connectivity index (χ3n) is 2.12. The zero-order chi connectivity index (χ0) is 10.1. The molecule has 0 aliphatic carbocycles. The van der Waals surface area contributed by atoms with Crippen molar-refractivity contribution in [2.24, 2.45) is 0 Å². The van der Waals surface area contributed by atoms with Crippen molar-refractivity contribution in [2.45, 2.75) is 64.3 Å². The standard InChI is InChI=1S/C10H22O3/c1-2-6-9(11)7-4-3-5-8-10(12)13/h9-13H,2-8H2,1H3. The molecular weight excluding hydrogens is 168 g/mol. The SMILES string of the molecule is CCCC(O)CCCCCC(O)O. The van der Waals surface area contributed by atoms with E-state index in [2.05, 4.69) is 6.92 Å². The van der Waals surface area contributed by atoms with Crippen molar-refractivity contribution in [3.8, 4) is 0 Å². The molecule has 0 aromatic heterocycles. The van der Waals surface area contributed by atoms with Gasteiger partial charge in [-0.2, -0.15) is 0 Å². The van der Waals surface area contributed by atoms with Crippen LogP contribution in [0.5, 0.6) is 0 Å². The Morgan fingerprint density at radius 3 is 2.00 bits per heavy atom. The van der Waals surface area contributed by atoms with Crippen LogP contribution >= 0.6 is 0 Å². The minimum atomic E-state index is -1.17. The molecule has 0 heterocycles. The summed E-state index contributed by atoms with van der Waals surface area (Å²) in [4.78, 5) is 0. The average molecular weight is 190 g/mol. The fourth-order valence-electron chi connectivity index (χ4n) is 1.36. The molecule has 1 atom stereocenters. The van der Waals surface area contributed by atoms with Gasteiger partial charge >= 0.3 is 0 Å². The minimum Gasteiger partial charge on any atom is -0.393 e. The van der Waals surface area contributed by atoms with Crippen molar-refractivity contribution >= 4 is 0 Å². The molecule has 3 N–H and O–H groups in total. The first-order valence-electron chi connectivity index (χ1n) is 5.21. The highest BCUT2D eigenvalue weighted by Crippen LogP contribution is 2.09. The zero-order valence-corrected chi connectivity index (χ0v) is 8.45. The highest BCUT2D eigenvalue weighted by atomic mass is 16.5. The van der Waals surface area contributed by atoms with Crippen molar-refractivity contribution in [3.63, 3.8) is 0 Å². The lowest BCUT2D eigenvalue weighted by Gasteiger charge is -2.08. The van der Waals surface area contributed by atoms with Gasteiger partial charge in [-0.3, -0.25) is 0 Å². The molecule has 13 heavy (non-hydrogen) atoms. The highest BCUT2D eigenvalue weighted by molar-refractivity contribution is 4.55. The van der Waals surface area contributed by atoms with Crippen molar-refractivity contribution in [2.75, 3.05) is 0 Å². The van der Waals surface area contributed by atoms with Crippen LogP contribution in [-0.4, -0.2) is 27.7 Å². The number of rotatable bonds is 8.